The molecule has 4 heteroatoms. The van der Waals surface area contributed by atoms with Crippen LogP contribution in [0.1, 0.15) is 15.9 Å². The van der Waals surface area contributed by atoms with Gasteiger partial charge in [-0.2, -0.15) is 0 Å². The van der Waals surface area contributed by atoms with E-state index in [9.17, 15) is 4.79 Å². The minimum absolute atomic E-state index is 0.0420. The number of hydrogen-bond donors (Lipinski definition) is 1. The van der Waals surface area contributed by atoms with Gasteiger partial charge in [-0.25, -0.2) is 0 Å². The van der Waals surface area contributed by atoms with Gasteiger partial charge in [0.15, 0.2) is 5.78 Å². The van der Waals surface area contributed by atoms with Gasteiger partial charge in [0, 0.05) is 57.2 Å². The first-order chi connectivity index (χ1) is 10.4. The summed E-state index contributed by atoms with van der Waals surface area (Å²) < 4.78 is 0. The molecule has 0 amide bonds. The van der Waals surface area contributed by atoms with Gasteiger partial charge in [-0.1, -0.05) is 12.1 Å². The monoisotopic (exact) mass is 297 g/mol. The zero-order valence-electron chi connectivity index (χ0n) is 13.6. The Labute approximate surface area is 132 Å². The molecule has 2 N–H and O–H groups in total. The summed E-state index contributed by atoms with van der Waals surface area (Å²) in [7, 11) is 7.88. The molecule has 0 saturated carbocycles. The molecule has 0 fully saturated rings. The van der Waals surface area contributed by atoms with E-state index in [4.69, 9.17) is 5.73 Å². The Balaban J connectivity index is 2.15. The third-order valence-corrected chi connectivity index (χ3v) is 3.67. The van der Waals surface area contributed by atoms with Crippen molar-refractivity contribution in [1.82, 2.24) is 0 Å². The molecule has 4 nitrogen and oxygen atoms in total. The predicted molar refractivity (Wildman–Crippen MR) is 94.0 cm³/mol. The predicted octanol–water partition coefficient (Wildman–Crippen LogP) is 2.83. The van der Waals surface area contributed by atoms with E-state index in [0.717, 1.165) is 16.9 Å². The number of carbonyl (C=O) groups excluding carboxylic acids is 1. The number of carbonyl (C=O) groups is 1. The minimum Gasteiger partial charge on any atom is -0.398 e. The van der Waals surface area contributed by atoms with Crippen LogP contribution >= 0.6 is 0 Å². The topological polar surface area (TPSA) is 49.6 Å². The number of hydrogen-bond acceptors (Lipinski definition) is 4. The van der Waals surface area contributed by atoms with Crippen molar-refractivity contribution in [2.45, 2.75) is 6.42 Å². The molecule has 0 aliphatic carbocycles. The van der Waals surface area contributed by atoms with Crippen LogP contribution in [0.25, 0.3) is 0 Å². The lowest BCUT2D eigenvalue weighted by Crippen LogP contribution is -2.12. The van der Waals surface area contributed by atoms with Crippen molar-refractivity contribution < 1.29 is 4.79 Å². The van der Waals surface area contributed by atoms with E-state index in [1.807, 2.05) is 74.4 Å². The van der Waals surface area contributed by atoms with Gasteiger partial charge in [0.05, 0.1) is 0 Å². The van der Waals surface area contributed by atoms with Crippen molar-refractivity contribution in [2.24, 2.45) is 0 Å². The fourth-order valence-electron chi connectivity index (χ4n) is 2.27. The van der Waals surface area contributed by atoms with Gasteiger partial charge < -0.3 is 15.5 Å². The van der Waals surface area contributed by atoms with Crippen molar-refractivity contribution in [2.75, 3.05) is 43.7 Å². The molecule has 0 aromatic heterocycles. The SMILES string of the molecule is CN(C)c1ccc(CC(=O)c2ccc(N(C)C)cc2N)cc1. The van der Waals surface area contributed by atoms with Crippen LogP contribution in [0.4, 0.5) is 17.1 Å². The van der Waals surface area contributed by atoms with Crippen LogP contribution < -0.4 is 15.5 Å². The molecular weight excluding hydrogens is 274 g/mol. The van der Waals surface area contributed by atoms with Crippen LogP contribution in [0.2, 0.25) is 0 Å². The highest BCUT2D eigenvalue weighted by Crippen LogP contribution is 2.22. The third kappa shape index (κ3) is 3.58. The van der Waals surface area contributed by atoms with Crippen molar-refractivity contribution in [1.29, 1.82) is 0 Å². The number of nitrogen functional groups attached to an aromatic ring is 1. The highest BCUT2D eigenvalue weighted by Gasteiger charge is 2.12. The molecule has 2 rings (SSSR count). The van der Waals surface area contributed by atoms with E-state index in [1.54, 1.807) is 6.07 Å². The molecule has 0 heterocycles. The van der Waals surface area contributed by atoms with Crippen LogP contribution in [0.5, 0.6) is 0 Å². The average Bonchev–Trinajstić information content (AvgIpc) is 2.47. The highest BCUT2D eigenvalue weighted by molar-refractivity contribution is 6.02. The first kappa shape index (κ1) is 15.9. The van der Waals surface area contributed by atoms with E-state index >= 15 is 0 Å². The lowest BCUT2D eigenvalue weighted by molar-refractivity contribution is 0.0994. The Morgan fingerprint density at radius 2 is 1.45 bits per heavy atom. The fraction of sp³-hybridized carbons (Fsp3) is 0.278. The lowest BCUT2D eigenvalue weighted by atomic mass is 10.0. The summed E-state index contributed by atoms with van der Waals surface area (Å²) in [6.07, 6.45) is 0.360. The summed E-state index contributed by atoms with van der Waals surface area (Å²) in [6.45, 7) is 0. The first-order valence-corrected chi connectivity index (χ1v) is 7.25. The minimum atomic E-state index is 0.0420. The molecule has 0 unspecified atom stereocenters. The van der Waals surface area contributed by atoms with E-state index in [1.165, 1.54) is 0 Å². The van der Waals surface area contributed by atoms with E-state index < -0.39 is 0 Å². The Morgan fingerprint density at radius 1 is 0.909 bits per heavy atom. The van der Waals surface area contributed by atoms with Crippen molar-refractivity contribution in [3.63, 3.8) is 0 Å². The van der Waals surface area contributed by atoms with E-state index in [-0.39, 0.29) is 5.78 Å². The van der Waals surface area contributed by atoms with Crippen LogP contribution in [0, 0.1) is 0 Å². The Bertz CT molecular complexity index is 661. The first-order valence-electron chi connectivity index (χ1n) is 7.25. The largest absolute Gasteiger partial charge is 0.398 e. The molecule has 0 aliphatic heterocycles. The molecule has 0 spiro atoms. The summed E-state index contributed by atoms with van der Waals surface area (Å²) in [5.41, 5.74) is 10.2. The summed E-state index contributed by atoms with van der Waals surface area (Å²) in [4.78, 5) is 16.4. The van der Waals surface area contributed by atoms with E-state index in [0.29, 0.717) is 17.7 Å². The molecule has 2 aromatic carbocycles. The zero-order chi connectivity index (χ0) is 16.3. The Morgan fingerprint density at radius 3 is 1.95 bits per heavy atom. The summed E-state index contributed by atoms with van der Waals surface area (Å²) in [5.74, 6) is 0.0420. The second-order valence-corrected chi connectivity index (χ2v) is 5.83. The molecule has 0 saturated heterocycles. The third-order valence-electron chi connectivity index (χ3n) is 3.67. The standard InChI is InChI=1S/C18H23N3O/c1-20(2)14-7-5-13(6-8-14)11-18(22)16-10-9-15(21(3)4)12-17(16)19/h5-10,12H,11,19H2,1-4H3. The molecule has 0 atom stereocenters. The smallest absolute Gasteiger partial charge is 0.169 e. The Hall–Kier alpha value is -2.49. The van der Waals surface area contributed by atoms with Gasteiger partial charge in [0.1, 0.15) is 0 Å². The summed E-state index contributed by atoms with van der Waals surface area (Å²) >= 11 is 0. The average molecular weight is 297 g/mol. The number of anilines is 3. The van der Waals surface area contributed by atoms with Crippen LogP contribution in [0.15, 0.2) is 42.5 Å². The van der Waals surface area contributed by atoms with Gasteiger partial charge in [0.2, 0.25) is 0 Å². The van der Waals surface area contributed by atoms with Crippen LogP contribution in [0.3, 0.4) is 0 Å². The van der Waals surface area contributed by atoms with Crippen molar-refractivity contribution in [3.05, 3.63) is 53.6 Å². The van der Waals surface area contributed by atoms with Crippen LogP contribution in [-0.2, 0) is 6.42 Å². The zero-order valence-corrected chi connectivity index (χ0v) is 13.6. The fourth-order valence-corrected chi connectivity index (χ4v) is 2.27. The molecule has 0 bridgehead atoms. The van der Waals surface area contributed by atoms with Gasteiger partial charge in [0.25, 0.3) is 0 Å². The molecule has 0 aliphatic rings. The van der Waals surface area contributed by atoms with E-state index in [2.05, 4.69) is 0 Å². The van der Waals surface area contributed by atoms with Gasteiger partial charge in [-0.05, 0) is 35.9 Å². The maximum Gasteiger partial charge on any atom is 0.169 e. The number of rotatable bonds is 5. The Kier molecular flexibility index (Phi) is 4.71. The van der Waals surface area contributed by atoms with Gasteiger partial charge >= 0.3 is 0 Å². The summed E-state index contributed by atoms with van der Waals surface area (Å²) in [6, 6.07) is 13.6. The molecular formula is C18H23N3O. The van der Waals surface area contributed by atoms with Crippen LogP contribution in [-0.4, -0.2) is 34.0 Å². The van der Waals surface area contributed by atoms with Crippen molar-refractivity contribution >= 4 is 22.8 Å². The van der Waals surface area contributed by atoms with Gasteiger partial charge in [-0.3, -0.25) is 4.79 Å². The lowest BCUT2D eigenvalue weighted by Gasteiger charge is -2.15. The number of Topliss-reactive ketones (excluding diaryl/α,β-unsaturated/α-hetero) is 1. The normalized spacial score (nSPS) is 10.4. The number of nitrogens with two attached hydrogens (primary N) is 1. The molecule has 0 radical (unpaired) electrons. The van der Waals surface area contributed by atoms with Crippen molar-refractivity contribution in [3.8, 4) is 0 Å². The number of benzene rings is 2. The quantitative estimate of drug-likeness (QED) is 0.681. The molecule has 2 aromatic rings. The maximum atomic E-state index is 12.4. The number of ketones is 1. The maximum absolute atomic E-state index is 12.4. The number of nitrogens with zero attached hydrogens (tertiary/aromatic N) is 2. The highest BCUT2D eigenvalue weighted by atomic mass is 16.1. The van der Waals surface area contributed by atoms with Gasteiger partial charge in [-0.15, -0.1) is 0 Å². The second kappa shape index (κ2) is 6.52. The second-order valence-electron chi connectivity index (χ2n) is 5.83. The molecule has 116 valence electrons. The summed E-state index contributed by atoms with van der Waals surface area (Å²) in [5, 5.41) is 0. The molecule has 22 heavy (non-hydrogen) atoms.